The summed E-state index contributed by atoms with van der Waals surface area (Å²) in [5.41, 5.74) is 14.1. The van der Waals surface area contributed by atoms with Gasteiger partial charge < -0.3 is 15.2 Å². The molecule has 0 aliphatic rings. The number of benzene rings is 4. The molecule has 0 fully saturated rings. The maximum atomic E-state index is 6.57. The molecule has 0 heterocycles. The molecule has 1 atom stereocenters. The lowest BCUT2D eigenvalue weighted by Gasteiger charge is -2.19. The van der Waals surface area contributed by atoms with Gasteiger partial charge in [0.2, 0.25) is 0 Å². The van der Waals surface area contributed by atoms with Crippen molar-refractivity contribution in [1.29, 1.82) is 0 Å². The smallest absolute Gasteiger partial charge is 0.156 e. The van der Waals surface area contributed by atoms with Crippen LogP contribution in [0, 0.1) is 20.8 Å². The maximum absolute atomic E-state index is 6.57. The number of halogens is 3. The van der Waals surface area contributed by atoms with Crippen LogP contribution in [0.5, 0.6) is 11.5 Å². The summed E-state index contributed by atoms with van der Waals surface area (Å²) in [6.45, 7) is 7.37. The van der Waals surface area contributed by atoms with Crippen LogP contribution in [0.15, 0.2) is 72.8 Å². The molecule has 0 saturated heterocycles. The summed E-state index contributed by atoms with van der Waals surface area (Å²) < 4.78 is 11.6. The van der Waals surface area contributed by atoms with Gasteiger partial charge in [0.1, 0.15) is 19.0 Å². The SMILES string of the molecule is Cc1cc(Cl)c(OCCOc2ccc(CC(CN)c3ccc(-c4cccc(C)c4Cl)cc3C)cc2)c(Cl)c1. The van der Waals surface area contributed by atoms with Crippen molar-refractivity contribution in [2.24, 2.45) is 5.73 Å². The molecule has 4 aromatic carbocycles. The van der Waals surface area contributed by atoms with Crippen LogP contribution in [0.1, 0.15) is 33.7 Å². The molecule has 198 valence electrons. The van der Waals surface area contributed by atoms with Gasteiger partial charge in [-0.15, -0.1) is 0 Å². The molecule has 0 saturated carbocycles. The van der Waals surface area contributed by atoms with E-state index in [2.05, 4.69) is 43.3 Å². The minimum atomic E-state index is 0.209. The minimum Gasteiger partial charge on any atom is -0.490 e. The summed E-state index contributed by atoms with van der Waals surface area (Å²) >= 11 is 19.0. The predicted octanol–water partition coefficient (Wildman–Crippen LogP) is 8.98. The number of aryl methyl sites for hydroxylation is 3. The summed E-state index contributed by atoms with van der Waals surface area (Å²) in [6.07, 6.45) is 0.843. The first-order chi connectivity index (χ1) is 18.3. The molecule has 3 nitrogen and oxygen atoms in total. The molecular formula is C32H32Cl3NO2. The zero-order chi connectivity index (χ0) is 27.2. The van der Waals surface area contributed by atoms with Gasteiger partial charge in [-0.2, -0.15) is 0 Å². The Hall–Kier alpha value is -2.69. The highest BCUT2D eigenvalue weighted by Gasteiger charge is 2.15. The van der Waals surface area contributed by atoms with E-state index in [4.69, 9.17) is 50.0 Å². The van der Waals surface area contributed by atoms with Gasteiger partial charge in [0, 0.05) is 11.5 Å². The molecule has 38 heavy (non-hydrogen) atoms. The van der Waals surface area contributed by atoms with Crippen molar-refractivity contribution in [2.75, 3.05) is 19.8 Å². The molecule has 4 aromatic rings. The topological polar surface area (TPSA) is 44.5 Å². The molecule has 2 N–H and O–H groups in total. The predicted molar refractivity (Wildman–Crippen MR) is 160 cm³/mol. The Bertz CT molecular complexity index is 1380. The Kier molecular flexibility index (Phi) is 9.62. The van der Waals surface area contributed by atoms with E-state index in [9.17, 15) is 0 Å². The lowest BCUT2D eigenvalue weighted by atomic mass is 9.87. The van der Waals surface area contributed by atoms with Gasteiger partial charge in [-0.25, -0.2) is 0 Å². The second-order valence-corrected chi connectivity index (χ2v) is 10.7. The second kappa shape index (κ2) is 12.9. The van der Waals surface area contributed by atoms with Gasteiger partial charge in [0.15, 0.2) is 5.75 Å². The van der Waals surface area contributed by atoms with Crippen LogP contribution in [0.3, 0.4) is 0 Å². The van der Waals surface area contributed by atoms with Crippen LogP contribution in [-0.4, -0.2) is 19.8 Å². The average molecular weight is 569 g/mol. The lowest BCUT2D eigenvalue weighted by Crippen LogP contribution is -2.16. The molecule has 0 radical (unpaired) electrons. The van der Waals surface area contributed by atoms with Crippen LogP contribution < -0.4 is 15.2 Å². The van der Waals surface area contributed by atoms with Gasteiger partial charge in [-0.05, 0) is 91.4 Å². The fourth-order valence-corrected chi connectivity index (χ4v) is 5.57. The fraction of sp³-hybridized carbons (Fsp3) is 0.250. The normalized spacial score (nSPS) is 11.9. The number of hydrogen-bond donors (Lipinski definition) is 1. The van der Waals surface area contributed by atoms with Gasteiger partial charge in [-0.3, -0.25) is 0 Å². The van der Waals surface area contributed by atoms with Crippen LogP contribution in [0.2, 0.25) is 15.1 Å². The van der Waals surface area contributed by atoms with Gasteiger partial charge >= 0.3 is 0 Å². The molecule has 0 aliphatic heterocycles. The van der Waals surface area contributed by atoms with Crippen molar-refractivity contribution in [3.8, 4) is 22.6 Å². The molecule has 0 bridgehead atoms. The first-order valence-electron chi connectivity index (χ1n) is 12.6. The zero-order valence-electron chi connectivity index (χ0n) is 21.9. The summed E-state index contributed by atoms with van der Waals surface area (Å²) in [7, 11) is 0. The Labute approximate surface area is 240 Å². The van der Waals surface area contributed by atoms with Crippen LogP contribution in [-0.2, 0) is 6.42 Å². The quantitative estimate of drug-likeness (QED) is 0.194. The number of ether oxygens (including phenoxy) is 2. The van der Waals surface area contributed by atoms with Crippen molar-refractivity contribution >= 4 is 34.8 Å². The standard InChI is InChI=1S/C32H32Cl3NO2/c1-20-15-29(33)32(30(34)16-20)38-14-13-37-26-10-7-23(8-11-26)18-25(19-36)27-12-9-24(17-22(27)3)28-6-4-5-21(2)31(28)35/h4-12,15-17,25H,13-14,18-19,36H2,1-3H3. The van der Waals surface area contributed by atoms with E-state index in [0.29, 0.717) is 35.6 Å². The van der Waals surface area contributed by atoms with Crippen molar-refractivity contribution in [3.63, 3.8) is 0 Å². The molecule has 0 aliphatic carbocycles. The van der Waals surface area contributed by atoms with E-state index < -0.39 is 0 Å². The van der Waals surface area contributed by atoms with Crippen LogP contribution >= 0.6 is 34.8 Å². The van der Waals surface area contributed by atoms with E-state index >= 15 is 0 Å². The lowest BCUT2D eigenvalue weighted by molar-refractivity contribution is 0.217. The van der Waals surface area contributed by atoms with E-state index in [0.717, 1.165) is 39.4 Å². The fourth-order valence-electron chi connectivity index (χ4n) is 4.63. The third-order valence-corrected chi connectivity index (χ3v) is 7.71. The molecule has 0 spiro atoms. The van der Waals surface area contributed by atoms with Crippen LogP contribution in [0.4, 0.5) is 0 Å². The summed E-state index contributed by atoms with van der Waals surface area (Å²) in [4.78, 5) is 0. The van der Waals surface area contributed by atoms with E-state index in [1.807, 2.05) is 50.2 Å². The Morgan fingerprint density at radius 2 is 1.45 bits per heavy atom. The van der Waals surface area contributed by atoms with Crippen molar-refractivity contribution in [1.82, 2.24) is 0 Å². The van der Waals surface area contributed by atoms with Crippen LogP contribution in [0.25, 0.3) is 11.1 Å². The third-order valence-electron chi connectivity index (χ3n) is 6.64. The highest BCUT2D eigenvalue weighted by molar-refractivity contribution is 6.37. The Balaban J connectivity index is 1.35. The molecule has 1 unspecified atom stereocenters. The largest absolute Gasteiger partial charge is 0.490 e. The monoisotopic (exact) mass is 567 g/mol. The third kappa shape index (κ3) is 6.84. The summed E-state index contributed by atoms with van der Waals surface area (Å²) in [5.74, 6) is 1.47. The first kappa shape index (κ1) is 28.3. The van der Waals surface area contributed by atoms with Crippen molar-refractivity contribution in [2.45, 2.75) is 33.1 Å². The maximum Gasteiger partial charge on any atom is 0.156 e. The second-order valence-electron chi connectivity index (χ2n) is 9.54. The number of rotatable bonds is 10. The first-order valence-corrected chi connectivity index (χ1v) is 13.8. The highest BCUT2D eigenvalue weighted by Crippen LogP contribution is 2.35. The summed E-state index contributed by atoms with van der Waals surface area (Å²) in [6, 6.07) is 24.4. The molecule has 4 rings (SSSR count). The van der Waals surface area contributed by atoms with E-state index in [1.165, 1.54) is 16.7 Å². The zero-order valence-corrected chi connectivity index (χ0v) is 24.1. The Morgan fingerprint density at radius 1 is 0.763 bits per heavy atom. The molecule has 6 heteroatoms. The van der Waals surface area contributed by atoms with E-state index in [1.54, 1.807) is 0 Å². The average Bonchev–Trinajstić information content (AvgIpc) is 2.89. The minimum absolute atomic E-state index is 0.209. The van der Waals surface area contributed by atoms with E-state index in [-0.39, 0.29) is 5.92 Å². The molecule has 0 aromatic heterocycles. The van der Waals surface area contributed by atoms with Gasteiger partial charge in [0.05, 0.1) is 15.1 Å². The van der Waals surface area contributed by atoms with Gasteiger partial charge in [-0.1, -0.05) is 83.3 Å². The van der Waals surface area contributed by atoms with Crippen molar-refractivity contribution in [3.05, 3.63) is 116 Å². The van der Waals surface area contributed by atoms with Gasteiger partial charge in [0.25, 0.3) is 0 Å². The molecular weight excluding hydrogens is 537 g/mol. The number of hydrogen-bond acceptors (Lipinski definition) is 3. The summed E-state index contributed by atoms with van der Waals surface area (Å²) in [5, 5.41) is 1.79. The van der Waals surface area contributed by atoms with Crippen molar-refractivity contribution < 1.29 is 9.47 Å². The molecule has 0 amide bonds. The highest BCUT2D eigenvalue weighted by atomic mass is 35.5. The Morgan fingerprint density at radius 3 is 2.11 bits per heavy atom. The number of nitrogens with two attached hydrogens (primary N) is 1.